The number of carbonyl (C=O) groups is 2. The molecule has 1 aromatic rings. The van der Waals surface area contributed by atoms with Gasteiger partial charge in [0, 0.05) is 5.92 Å². The maximum absolute atomic E-state index is 13.2. The third-order valence-corrected chi connectivity index (χ3v) is 4.48. The van der Waals surface area contributed by atoms with Crippen LogP contribution in [0.4, 0.5) is 8.78 Å². The number of amides is 1. The first-order valence-electron chi connectivity index (χ1n) is 6.93. The summed E-state index contributed by atoms with van der Waals surface area (Å²) in [5.74, 6) is -3.68. The van der Waals surface area contributed by atoms with E-state index in [9.17, 15) is 23.5 Å². The summed E-state index contributed by atoms with van der Waals surface area (Å²) in [6, 6.07) is 3.61. The van der Waals surface area contributed by atoms with Crippen LogP contribution in [0.15, 0.2) is 18.2 Å². The zero-order valence-electron chi connectivity index (χ0n) is 11.2. The Morgan fingerprint density at radius 1 is 1.24 bits per heavy atom. The zero-order chi connectivity index (χ0) is 15.2. The second kappa shape index (κ2) is 4.79. The molecule has 2 fully saturated rings. The van der Waals surface area contributed by atoms with Crippen molar-refractivity contribution in [3.63, 3.8) is 0 Å². The minimum atomic E-state index is -1.13. The Hall–Kier alpha value is -1.98. The smallest absolute Gasteiger partial charge is 0.329 e. The zero-order valence-corrected chi connectivity index (χ0v) is 11.2. The topological polar surface area (TPSA) is 66.4 Å². The number of hydrogen-bond acceptors (Lipinski definition) is 2. The fourth-order valence-electron chi connectivity index (χ4n) is 2.85. The molecule has 2 N–H and O–H groups in total. The van der Waals surface area contributed by atoms with Crippen LogP contribution in [0.3, 0.4) is 0 Å². The number of benzene rings is 1. The molecular formula is C15H15F2NO3. The predicted molar refractivity (Wildman–Crippen MR) is 69.6 cm³/mol. The third-order valence-electron chi connectivity index (χ3n) is 4.48. The first kappa shape index (κ1) is 14.0. The van der Waals surface area contributed by atoms with Gasteiger partial charge in [0.05, 0.1) is 0 Å². The summed E-state index contributed by atoms with van der Waals surface area (Å²) >= 11 is 0. The van der Waals surface area contributed by atoms with Crippen molar-refractivity contribution in [3.05, 3.63) is 35.4 Å². The van der Waals surface area contributed by atoms with Gasteiger partial charge in [-0.3, -0.25) is 4.79 Å². The van der Waals surface area contributed by atoms with Crippen LogP contribution in [0, 0.1) is 17.6 Å². The highest BCUT2D eigenvalue weighted by molar-refractivity contribution is 5.90. The van der Waals surface area contributed by atoms with Crippen LogP contribution in [0.1, 0.15) is 37.2 Å². The van der Waals surface area contributed by atoms with E-state index in [0.29, 0.717) is 24.8 Å². The minimum absolute atomic E-state index is 0.161. The Bertz CT molecular complexity index is 613. The van der Waals surface area contributed by atoms with Crippen LogP contribution in [-0.2, 0) is 9.59 Å². The van der Waals surface area contributed by atoms with Crippen LogP contribution in [0.2, 0.25) is 0 Å². The largest absolute Gasteiger partial charge is 0.480 e. The van der Waals surface area contributed by atoms with E-state index in [1.54, 1.807) is 0 Å². The standard InChI is InChI=1S/C15H15F2NO3/c16-11-3-2-8(6-12(11)17)9-7-10(9)13(19)18-15(14(20)21)4-1-5-15/h2-3,6,9-10H,1,4-5,7H2,(H,18,19)(H,20,21). The Balaban J connectivity index is 1.66. The average Bonchev–Trinajstić information content (AvgIpc) is 3.16. The summed E-state index contributed by atoms with van der Waals surface area (Å²) in [5.41, 5.74) is -0.551. The summed E-state index contributed by atoms with van der Waals surface area (Å²) in [4.78, 5) is 23.3. The fraction of sp³-hybridized carbons (Fsp3) is 0.467. The summed E-state index contributed by atoms with van der Waals surface area (Å²) in [5, 5.41) is 11.8. The van der Waals surface area contributed by atoms with Gasteiger partial charge in [0.2, 0.25) is 5.91 Å². The molecule has 2 aliphatic carbocycles. The molecule has 0 radical (unpaired) electrons. The summed E-state index contributed by atoms with van der Waals surface area (Å²) in [6.45, 7) is 0. The van der Waals surface area contributed by atoms with Crippen molar-refractivity contribution in [1.29, 1.82) is 0 Å². The molecule has 2 saturated carbocycles. The maximum Gasteiger partial charge on any atom is 0.329 e. The molecule has 0 heterocycles. The van der Waals surface area contributed by atoms with Crippen molar-refractivity contribution in [3.8, 4) is 0 Å². The van der Waals surface area contributed by atoms with E-state index in [2.05, 4.69) is 5.32 Å². The number of carbonyl (C=O) groups excluding carboxylic acids is 1. The highest BCUT2D eigenvalue weighted by Crippen LogP contribution is 2.48. The quantitative estimate of drug-likeness (QED) is 0.895. The molecular weight excluding hydrogens is 280 g/mol. The van der Waals surface area contributed by atoms with Crippen LogP contribution >= 0.6 is 0 Å². The number of aliphatic carboxylic acids is 1. The summed E-state index contributed by atoms with van der Waals surface area (Å²) in [6.07, 6.45) is 2.20. The Kier molecular flexibility index (Phi) is 3.19. The second-order valence-corrected chi connectivity index (χ2v) is 5.85. The van der Waals surface area contributed by atoms with E-state index in [4.69, 9.17) is 0 Å². The molecule has 0 aromatic heterocycles. The first-order chi connectivity index (χ1) is 9.93. The number of rotatable bonds is 4. The lowest BCUT2D eigenvalue weighted by Crippen LogP contribution is -2.59. The molecule has 0 bridgehead atoms. The molecule has 112 valence electrons. The van der Waals surface area contributed by atoms with Gasteiger partial charge in [-0.15, -0.1) is 0 Å². The monoisotopic (exact) mass is 295 g/mol. The maximum atomic E-state index is 13.2. The van der Waals surface area contributed by atoms with Gasteiger partial charge in [-0.25, -0.2) is 13.6 Å². The number of hydrogen-bond donors (Lipinski definition) is 2. The van der Waals surface area contributed by atoms with Gasteiger partial charge < -0.3 is 10.4 Å². The molecule has 6 heteroatoms. The summed E-state index contributed by atoms with van der Waals surface area (Å²) < 4.78 is 26.1. The predicted octanol–water partition coefficient (Wildman–Crippen LogP) is 2.19. The fourth-order valence-corrected chi connectivity index (χ4v) is 2.85. The number of carboxylic acids is 1. The molecule has 2 atom stereocenters. The molecule has 2 unspecified atom stereocenters. The van der Waals surface area contributed by atoms with E-state index in [1.165, 1.54) is 6.07 Å². The van der Waals surface area contributed by atoms with Crippen molar-refractivity contribution in [1.82, 2.24) is 5.32 Å². The Morgan fingerprint density at radius 3 is 2.48 bits per heavy atom. The normalized spacial score (nSPS) is 25.8. The second-order valence-electron chi connectivity index (χ2n) is 5.85. The van der Waals surface area contributed by atoms with Crippen molar-refractivity contribution in [2.24, 2.45) is 5.92 Å². The highest BCUT2D eigenvalue weighted by Gasteiger charge is 2.51. The molecule has 21 heavy (non-hydrogen) atoms. The molecule has 3 rings (SSSR count). The van der Waals surface area contributed by atoms with E-state index in [-0.39, 0.29) is 17.7 Å². The highest BCUT2D eigenvalue weighted by atomic mass is 19.2. The van der Waals surface area contributed by atoms with Gasteiger partial charge in [-0.2, -0.15) is 0 Å². The van der Waals surface area contributed by atoms with Crippen LogP contribution < -0.4 is 5.32 Å². The average molecular weight is 295 g/mol. The Labute approximate surface area is 120 Å². The van der Waals surface area contributed by atoms with Gasteiger partial charge in [0.1, 0.15) is 5.54 Å². The van der Waals surface area contributed by atoms with E-state index in [1.807, 2.05) is 0 Å². The number of halogens is 2. The molecule has 0 saturated heterocycles. The van der Waals surface area contributed by atoms with E-state index >= 15 is 0 Å². The lowest BCUT2D eigenvalue weighted by molar-refractivity contribution is -0.152. The molecule has 1 amide bonds. The van der Waals surface area contributed by atoms with Gasteiger partial charge >= 0.3 is 5.97 Å². The van der Waals surface area contributed by atoms with Gasteiger partial charge in [-0.05, 0) is 49.3 Å². The van der Waals surface area contributed by atoms with Crippen LogP contribution in [0.25, 0.3) is 0 Å². The van der Waals surface area contributed by atoms with E-state index in [0.717, 1.165) is 18.6 Å². The van der Waals surface area contributed by atoms with Crippen LogP contribution in [0.5, 0.6) is 0 Å². The van der Waals surface area contributed by atoms with Crippen molar-refractivity contribution >= 4 is 11.9 Å². The summed E-state index contributed by atoms with van der Waals surface area (Å²) in [7, 11) is 0. The molecule has 1 aromatic carbocycles. The lowest BCUT2D eigenvalue weighted by atomic mass is 9.76. The Morgan fingerprint density at radius 2 is 1.95 bits per heavy atom. The van der Waals surface area contributed by atoms with Crippen molar-refractivity contribution in [2.75, 3.05) is 0 Å². The SMILES string of the molecule is O=C(NC1(C(=O)O)CCC1)C1CC1c1ccc(F)c(F)c1. The van der Waals surface area contributed by atoms with Crippen LogP contribution in [-0.4, -0.2) is 22.5 Å². The van der Waals surface area contributed by atoms with Crippen molar-refractivity contribution < 1.29 is 23.5 Å². The van der Waals surface area contributed by atoms with Gasteiger partial charge in [-0.1, -0.05) is 6.07 Å². The lowest BCUT2D eigenvalue weighted by Gasteiger charge is -2.38. The molecule has 2 aliphatic rings. The van der Waals surface area contributed by atoms with Gasteiger partial charge in [0.15, 0.2) is 11.6 Å². The number of carboxylic acid groups (broad SMARTS) is 1. The molecule has 0 spiro atoms. The molecule has 4 nitrogen and oxygen atoms in total. The minimum Gasteiger partial charge on any atom is -0.480 e. The van der Waals surface area contributed by atoms with Crippen molar-refractivity contribution in [2.45, 2.75) is 37.1 Å². The van der Waals surface area contributed by atoms with Gasteiger partial charge in [0.25, 0.3) is 0 Å². The third kappa shape index (κ3) is 2.39. The van der Waals surface area contributed by atoms with E-state index < -0.39 is 23.1 Å². The first-order valence-corrected chi connectivity index (χ1v) is 6.93. The molecule has 0 aliphatic heterocycles. The number of nitrogens with one attached hydrogen (secondary N) is 1.